The van der Waals surface area contributed by atoms with Crippen LogP contribution in [0.25, 0.3) is 5.76 Å². The zero-order chi connectivity index (χ0) is 19.7. The van der Waals surface area contributed by atoms with E-state index in [9.17, 15) is 9.59 Å². The first-order valence-electron chi connectivity index (χ1n) is 8.95. The van der Waals surface area contributed by atoms with E-state index >= 15 is 0 Å². The molecule has 0 radical (unpaired) electrons. The number of rotatable bonds is 6. The summed E-state index contributed by atoms with van der Waals surface area (Å²) in [5.41, 5.74) is 0.677. The van der Waals surface area contributed by atoms with Gasteiger partial charge in [-0.2, -0.15) is 0 Å². The topological polar surface area (TPSA) is 52.6 Å². The SMILES string of the molecule is C/C=C\C=C(\OC(=O)CC)c1cccc(OC(=O)CC)c1.CC.CC. The number of esters is 2. The van der Waals surface area contributed by atoms with Gasteiger partial charge in [-0.15, -0.1) is 0 Å². The number of hydrogen-bond acceptors (Lipinski definition) is 4. The van der Waals surface area contributed by atoms with Crippen molar-refractivity contribution < 1.29 is 19.1 Å². The predicted octanol–water partition coefficient (Wildman–Crippen LogP) is 5.92. The first kappa shape index (κ1) is 24.9. The Morgan fingerprint density at radius 1 is 1.00 bits per heavy atom. The molecule has 0 atom stereocenters. The summed E-state index contributed by atoms with van der Waals surface area (Å²) in [7, 11) is 0. The quantitative estimate of drug-likeness (QED) is 0.277. The summed E-state index contributed by atoms with van der Waals surface area (Å²) in [6.45, 7) is 13.3. The second kappa shape index (κ2) is 16.5. The van der Waals surface area contributed by atoms with Gasteiger partial charge in [0.25, 0.3) is 0 Å². The smallest absolute Gasteiger partial charge is 0.310 e. The molecule has 4 heteroatoms. The van der Waals surface area contributed by atoms with Crippen LogP contribution < -0.4 is 4.74 Å². The molecule has 0 unspecified atom stereocenters. The van der Waals surface area contributed by atoms with Gasteiger partial charge in [-0.1, -0.05) is 65.8 Å². The van der Waals surface area contributed by atoms with Crippen LogP contribution in [-0.4, -0.2) is 11.9 Å². The van der Waals surface area contributed by atoms with E-state index in [1.807, 2.05) is 40.7 Å². The molecule has 1 aromatic rings. The summed E-state index contributed by atoms with van der Waals surface area (Å²) in [6.07, 6.45) is 5.91. The fourth-order valence-electron chi connectivity index (χ4n) is 1.48. The average molecular weight is 348 g/mol. The fraction of sp³-hybridized carbons (Fsp3) is 0.429. The van der Waals surface area contributed by atoms with Gasteiger partial charge in [0.05, 0.1) is 0 Å². The molecule has 0 saturated carbocycles. The largest absolute Gasteiger partial charge is 0.427 e. The Bertz CT molecular complexity index is 557. The van der Waals surface area contributed by atoms with E-state index in [0.717, 1.165) is 0 Å². The summed E-state index contributed by atoms with van der Waals surface area (Å²) in [5.74, 6) is 0.228. The van der Waals surface area contributed by atoms with Crippen molar-refractivity contribution in [3.05, 3.63) is 48.1 Å². The molecule has 0 bridgehead atoms. The minimum atomic E-state index is -0.318. The van der Waals surface area contributed by atoms with Gasteiger partial charge >= 0.3 is 11.9 Å². The number of allylic oxidation sites excluding steroid dienone is 3. The molecule has 0 aliphatic heterocycles. The molecule has 0 aromatic heterocycles. The summed E-state index contributed by atoms with van der Waals surface area (Å²) in [6, 6.07) is 6.90. The van der Waals surface area contributed by atoms with Crippen LogP contribution in [0.3, 0.4) is 0 Å². The Morgan fingerprint density at radius 3 is 2.12 bits per heavy atom. The van der Waals surface area contributed by atoms with E-state index in [2.05, 4.69) is 0 Å². The van der Waals surface area contributed by atoms with Crippen molar-refractivity contribution in [3.63, 3.8) is 0 Å². The van der Waals surface area contributed by atoms with Gasteiger partial charge in [0.1, 0.15) is 11.5 Å². The van der Waals surface area contributed by atoms with Crippen molar-refractivity contribution in [1.29, 1.82) is 0 Å². The molecule has 0 N–H and O–H groups in total. The number of carbonyl (C=O) groups is 2. The van der Waals surface area contributed by atoms with Crippen LogP contribution in [0.2, 0.25) is 0 Å². The van der Waals surface area contributed by atoms with Crippen molar-refractivity contribution >= 4 is 17.7 Å². The maximum absolute atomic E-state index is 11.5. The molecule has 0 aliphatic carbocycles. The Morgan fingerprint density at radius 2 is 1.60 bits per heavy atom. The molecular formula is C21H32O4. The van der Waals surface area contributed by atoms with Crippen LogP contribution in [0.1, 0.15) is 66.9 Å². The highest BCUT2D eigenvalue weighted by molar-refractivity contribution is 5.79. The van der Waals surface area contributed by atoms with Gasteiger partial charge < -0.3 is 9.47 Å². The van der Waals surface area contributed by atoms with Crippen LogP contribution in [-0.2, 0) is 14.3 Å². The third kappa shape index (κ3) is 10.9. The van der Waals surface area contributed by atoms with Crippen LogP contribution in [0.15, 0.2) is 42.5 Å². The summed E-state index contributed by atoms with van der Waals surface area (Å²) in [4.78, 5) is 22.8. The molecule has 0 aliphatic rings. The molecule has 4 nitrogen and oxygen atoms in total. The third-order valence-electron chi connectivity index (χ3n) is 2.59. The van der Waals surface area contributed by atoms with Crippen LogP contribution >= 0.6 is 0 Å². The standard InChI is InChI=1S/C17H20O4.2C2H6/c1-4-7-11-15(21-17(19)6-3)13-9-8-10-14(12-13)20-16(18)5-2;2*1-2/h4,7-12H,5-6H2,1-3H3;2*1-2H3/b7-4-,15-11+;;. The van der Waals surface area contributed by atoms with Gasteiger partial charge in [-0.3, -0.25) is 9.59 Å². The first-order valence-corrected chi connectivity index (χ1v) is 8.95. The number of carbonyl (C=O) groups excluding carboxylic acids is 2. The van der Waals surface area contributed by atoms with E-state index < -0.39 is 0 Å². The minimum Gasteiger partial charge on any atom is -0.427 e. The van der Waals surface area contributed by atoms with E-state index in [4.69, 9.17) is 9.47 Å². The summed E-state index contributed by atoms with van der Waals surface area (Å²) >= 11 is 0. The fourth-order valence-corrected chi connectivity index (χ4v) is 1.48. The van der Waals surface area contributed by atoms with Crippen molar-refractivity contribution in [2.24, 2.45) is 0 Å². The van der Waals surface area contributed by atoms with Crippen LogP contribution in [0.5, 0.6) is 5.75 Å². The molecule has 0 fully saturated rings. The maximum Gasteiger partial charge on any atom is 0.310 e. The molecule has 0 spiro atoms. The van der Waals surface area contributed by atoms with E-state index in [0.29, 0.717) is 23.5 Å². The minimum absolute atomic E-state index is 0.289. The highest BCUT2D eigenvalue weighted by atomic mass is 16.5. The monoisotopic (exact) mass is 348 g/mol. The van der Waals surface area contributed by atoms with Gasteiger partial charge in [0.2, 0.25) is 0 Å². The van der Waals surface area contributed by atoms with Gasteiger partial charge in [-0.05, 0) is 25.1 Å². The van der Waals surface area contributed by atoms with Gasteiger partial charge in [-0.25, -0.2) is 0 Å². The molecule has 0 saturated heterocycles. The lowest BCUT2D eigenvalue weighted by molar-refractivity contribution is -0.136. The normalized spacial score (nSPS) is 10.1. The number of benzene rings is 1. The second-order valence-corrected chi connectivity index (χ2v) is 4.24. The Hall–Kier alpha value is -2.36. The highest BCUT2D eigenvalue weighted by Gasteiger charge is 2.09. The number of ether oxygens (including phenoxy) is 2. The van der Waals surface area contributed by atoms with E-state index in [1.165, 1.54) is 0 Å². The van der Waals surface area contributed by atoms with E-state index in [-0.39, 0.29) is 18.4 Å². The number of hydrogen-bond donors (Lipinski definition) is 0. The maximum atomic E-state index is 11.5. The lowest BCUT2D eigenvalue weighted by atomic mass is 10.1. The summed E-state index contributed by atoms with van der Waals surface area (Å²) in [5, 5.41) is 0. The Labute approximate surface area is 152 Å². The lowest BCUT2D eigenvalue weighted by Crippen LogP contribution is -2.06. The molecule has 1 rings (SSSR count). The van der Waals surface area contributed by atoms with Crippen LogP contribution in [0, 0.1) is 0 Å². The van der Waals surface area contributed by atoms with Gasteiger partial charge in [0, 0.05) is 18.4 Å². The molecule has 25 heavy (non-hydrogen) atoms. The first-order chi connectivity index (χ1) is 12.1. The van der Waals surface area contributed by atoms with Crippen molar-refractivity contribution in [2.45, 2.75) is 61.3 Å². The molecule has 1 aromatic carbocycles. The molecule has 0 amide bonds. The molecular weight excluding hydrogens is 316 g/mol. The van der Waals surface area contributed by atoms with Crippen LogP contribution in [0.4, 0.5) is 0 Å². The third-order valence-corrected chi connectivity index (χ3v) is 2.59. The van der Waals surface area contributed by atoms with Crippen molar-refractivity contribution in [3.8, 4) is 5.75 Å². The van der Waals surface area contributed by atoms with E-state index in [1.54, 1.807) is 50.3 Å². The molecule has 140 valence electrons. The lowest BCUT2D eigenvalue weighted by Gasteiger charge is -2.09. The highest BCUT2D eigenvalue weighted by Crippen LogP contribution is 2.22. The van der Waals surface area contributed by atoms with Gasteiger partial charge in [0.15, 0.2) is 0 Å². The zero-order valence-corrected chi connectivity index (χ0v) is 16.6. The second-order valence-electron chi connectivity index (χ2n) is 4.24. The Balaban J connectivity index is 0. The zero-order valence-electron chi connectivity index (χ0n) is 16.6. The Kier molecular flexibility index (Phi) is 16.4. The predicted molar refractivity (Wildman–Crippen MR) is 104 cm³/mol. The van der Waals surface area contributed by atoms with Crippen molar-refractivity contribution in [1.82, 2.24) is 0 Å². The van der Waals surface area contributed by atoms with Crippen molar-refractivity contribution in [2.75, 3.05) is 0 Å². The molecule has 0 heterocycles. The average Bonchev–Trinajstić information content (AvgIpc) is 2.68. The summed E-state index contributed by atoms with van der Waals surface area (Å²) < 4.78 is 10.5.